The molecule has 0 aromatic heterocycles. The summed E-state index contributed by atoms with van der Waals surface area (Å²) in [6.07, 6.45) is 4.29. The van der Waals surface area contributed by atoms with Crippen molar-refractivity contribution >= 4 is 0 Å². The molecule has 0 fully saturated rings. The number of hydrogen-bond donors (Lipinski definition) is 1. The molecule has 2 atom stereocenters. The molecule has 0 heterocycles. The second-order valence-electron chi connectivity index (χ2n) is 3.19. The average molecular weight is 144 g/mol. The third-order valence-electron chi connectivity index (χ3n) is 1.93. The molecule has 0 aliphatic carbocycles. The molecule has 62 valence electrons. The average Bonchev–Trinajstić information content (AvgIpc) is 1.88. The Labute approximate surface area is 64.5 Å². The molecule has 0 amide bonds. The SMILES string of the molecule is CCC[C@@H](C)C[C@@H](O)CC. The van der Waals surface area contributed by atoms with Crippen molar-refractivity contribution < 1.29 is 5.11 Å². The maximum absolute atomic E-state index is 9.25. The Morgan fingerprint density at radius 3 is 2.30 bits per heavy atom. The van der Waals surface area contributed by atoms with Crippen LogP contribution in [0.4, 0.5) is 0 Å². The van der Waals surface area contributed by atoms with Gasteiger partial charge in [-0.25, -0.2) is 0 Å². The van der Waals surface area contributed by atoms with Gasteiger partial charge in [-0.2, -0.15) is 0 Å². The van der Waals surface area contributed by atoms with Gasteiger partial charge in [-0.1, -0.05) is 33.6 Å². The summed E-state index contributed by atoms with van der Waals surface area (Å²) in [4.78, 5) is 0. The molecule has 0 saturated carbocycles. The van der Waals surface area contributed by atoms with Gasteiger partial charge in [0.25, 0.3) is 0 Å². The van der Waals surface area contributed by atoms with Crippen LogP contribution in [-0.2, 0) is 0 Å². The Kier molecular flexibility index (Phi) is 5.70. The van der Waals surface area contributed by atoms with E-state index in [4.69, 9.17) is 0 Å². The third-order valence-corrected chi connectivity index (χ3v) is 1.93. The van der Waals surface area contributed by atoms with Crippen molar-refractivity contribution in [2.75, 3.05) is 0 Å². The van der Waals surface area contributed by atoms with Gasteiger partial charge in [0.2, 0.25) is 0 Å². The number of hydrogen-bond acceptors (Lipinski definition) is 1. The first-order valence-electron chi connectivity index (χ1n) is 4.38. The zero-order valence-corrected chi connectivity index (χ0v) is 7.43. The van der Waals surface area contributed by atoms with Crippen LogP contribution in [0.15, 0.2) is 0 Å². The highest BCUT2D eigenvalue weighted by Crippen LogP contribution is 2.13. The van der Waals surface area contributed by atoms with Gasteiger partial charge < -0.3 is 5.11 Å². The second-order valence-corrected chi connectivity index (χ2v) is 3.19. The van der Waals surface area contributed by atoms with E-state index in [1.165, 1.54) is 12.8 Å². The maximum atomic E-state index is 9.25. The van der Waals surface area contributed by atoms with Gasteiger partial charge in [0.1, 0.15) is 0 Å². The summed E-state index contributed by atoms with van der Waals surface area (Å²) < 4.78 is 0. The van der Waals surface area contributed by atoms with Crippen molar-refractivity contribution in [3.05, 3.63) is 0 Å². The summed E-state index contributed by atoms with van der Waals surface area (Å²) in [6, 6.07) is 0. The molecule has 0 saturated heterocycles. The Balaban J connectivity index is 3.27. The van der Waals surface area contributed by atoms with E-state index in [0.717, 1.165) is 12.8 Å². The summed E-state index contributed by atoms with van der Waals surface area (Å²) in [5.41, 5.74) is 0. The van der Waals surface area contributed by atoms with Crippen LogP contribution in [0.3, 0.4) is 0 Å². The van der Waals surface area contributed by atoms with E-state index in [1.54, 1.807) is 0 Å². The Morgan fingerprint density at radius 1 is 1.30 bits per heavy atom. The Hall–Kier alpha value is -0.0400. The molecule has 0 rings (SSSR count). The van der Waals surface area contributed by atoms with E-state index >= 15 is 0 Å². The molecule has 0 aromatic rings. The molecule has 0 aromatic carbocycles. The van der Waals surface area contributed by atoms with Crippen LogP contribution in [0.25, 0.3) is 0 Å². The highest BCUT2D eigenvalue weighted by molar-refractivity contribution is 4.58. The van der Waals surface area contributed by atoms with Crippen molar-refractivity contribution in [1.82, 2.24) is 0 Å². The van der Waals surface area contributed by atoms with Crippen molar-refractivity contribution in [3.63, 3.8) is 0 Å². The lowest BCUT2D eigenvalue weighted by Crippen LogP contribution is -2.09. The minimum atomic E-state index is -0.0680. The Bertz CT molecular complexity index is 71.1. The standard InChI is InChI=1S/C9H20O/c1-4-6-8(3)7-9(10)5-2/h8-10H,4-7H2,1-3H3/t8-,9+/m1/s1. The fraction of sp³-hybridized carbons (Fsp3) is 1.00. The lowest BCUT2D eigenvalue weighted by molar-refractivity contribution is 0.139. The molecule has 0 aliphatic heterocycles. The zero-order valence-electron chi connectivity index (χ0n) is 7.43. The van der Waals surface area contributed by atoms with Crippen LogP contribution >= 0.6 is 0 Å². The summed E-state index contributed by atoms with van der Waals surface area (Å²) in [5, 5.41) is 9.25. The smallest absolute Gasteiger partial charge is 0.0540 e. The summed E-state index contributed by atoms with van der Waals surface area (Å²) in [6.45, 7) is 6.43. The number of rotatable bonds is 5. The summed E-state index contributed by atoms with van der Waals surface area (Å²) in [7, 11) is 0. The van der Waals surface area contributed by atoms with Gasteiger partial charge in [0.15, 0.2) is 0 Å². The largest absolute Gasteiger partial charge is 0.393 e. The van der Waals surface area contributed by atoms with E-state index in [0.29, 0.717) is 5.92 Å². The van der Waals surface area contributed by atoms with Crippen LogP contribution in [0.5, 0.6) is 0 Å². The van der Waals surface area contributed by atoms with Crippen LogP contribution in [0.1, 0.15) is 46.5 Å². The fourth-order valence-electron chi connectivity index (χ4n) is 1.24. The van der Waals surface area contributed by atoms with Crippen molar-refractivity contribution in [1.29, 1.82) is 0 Å². The molecular formula is C9H20O. The van der Waals surface area contributed by atoms with Crippen LogP contribution in [0.2, 0.25) is 0 Å². The van der Waals surface area contributed by atoms with Gasteiger partial charge in [-0.05, 0) is 18.8 Å². The van der Waals surface area contributed by atoms with Crippen molar-refractivity contribution in [2.45, 2.75) is 52.6 Å². The highest BCUT2D eigenvalue weighted by Gasteiger charge is 2.06. The van der Waals surface area contributed by atoms with Crippen LogP contribution in [0, 0.1) is 5.92 Å². The molecule has 0 radical (unpaired) electrons. The maximum Gasteiger partial charge on any atom is 0.0540 e. The van der Waals surface area contributed by atoms with Crippen molar-refractivity contribution in [3.8, 4) is 0 Å². The predicted molar refractivity (Wildman–Crippen MR) is 45.0 cm³/mol. The first-order valence-corrected chi connectivity index (χ1v) is 4.38. The monoisotopic (exact) mass is 144 g/mol. The summed E-state index contributed by atoms with van der Waals surface area (Å²) >= 11 is 0. The van der Waals surface area contributed by atoms with Gasteiger partial charge in [0, 0.05) is 0 Å². The van der Waals surface area contributed by atoms with Crippen LogP contribution < -0.4 is 0 Å². The predicted octanol–water partition coefficient (Wildman–Crippen LogP) is 2.58. The zero-order chi connectivity index (χ0) is 7.98. The van der Waals surface area contributed by atoms with E-state index in [-0.39, 0.29) is 6.10 Å². The molecule has 1 heteroatoms. The molecule has 10 heavy (non-hydrogen) atoms. The molecule has 0 aliphatic rings. The van der Waals surface area contributed by atoms with Gasteiger partial charge in [0.05, 0.1) is 6.10 Å². The number of aliphatic hydroxyl groups is 1. The molecule has 0 spiro atoms. The molecule has 1 nitrogen and oxygen atoms in total. The van der Waals surface area contributed by atoms with Gasteiger partial charge >= 0.3 is 0 Å². The molecule has 0 bridgehead atoms. The topological polar surface area (TPSA) is 20.2 Å². The molecular weight excluding hydrogens is 124 g/mol. The quantitative estimate of drug-likeness (QED) is 0.628. The first-order chi connectivity index (χ1) is 4.70. The lowest BCUT2D eigenvalue weighted by atomic mass is 9.98. The summed E-state index contributed by atoms with van der Waals surface area (Å²) in [5.74, 6) is 0.694. The molecule has 0 unspecified atom stereocenters. The minimum Gasteiger partial charge on any atom is -0.393 e. The fourth-order valence-corrected chi connectivity index (χ4v) is 1.24. The van der Waals surface area contributed by atoms with E-state index in [1.807, 2.05) is 6.92 Å². The number of aliphatic hydroxyl groups excluding tert-OH is 1. The van der Waals surface area contributed by atoms with Crippen molar-refractivity contribution in [2.24, 2.45) is 5.92 Å². The highest BCUT2D eigenvalue weighted by atomic mass is 16.3. The van der Waals surface area contributed by atoms with Crippen LogP contribution in [-0.4, -0.2) is 11.2 Å². The Morgan fingerprint density at radius 2 is 1.90 bits per heavy atom. The van der Waals surface area contributed by atoms with Gasteiger partial charge in [-0.15, -0.1) is 0 Å². The second kappa shape index (κ2) is 5.72. The molecule has 1 N–H and O–H groups in total. The van der Waals surface area contributed by atoms with E-state index in [2.05, 4.69) is 13.8 Å². The third kappa shape index (κ3) is 4.80. The normalized spacial score (nSPS) is 16.8. The van der Waals surface area contributed by atoms with E-state index in [9.17, 15) is 5.11 Å². The first kappa shape index (κ1) is 9.96. The van der Waals surface area contributed by atoms with E-state index < -0.39 is 0 Å². The van der Waals surface area contributed by atoms with Gasteiger partial charge in [-0.3, -0.25) is 0 Å². The minimum absolute atomic E-state index is 0.0680. The lowest BCUT2D eigenvalue weighted by Gasteiger charge is -2.13.